The molecule has 196 valence electrons. The third-order valence-corrected chi connectivity index (χ3v) is 7.91. The number of carbonyl (C=O) groups is 2. The first-order chi connectivity index (χ1) is 18.5. The van der Waals surface area contributed by atoms with Crippen LogP contribution in [0.3, 0.4) is 0 Å². The van der Waals surface area contributed by atoms with Gasteiger partial charge in [-0.3, -0.25) is 4.79 Å². The Bertz CT molecular complexity index is 1450. The molecule has 1 atom stereocenters. The topological polar surface area (TPSA) is 84.1 Å². The molecule has 1 amide bonds. The lowest BCUT2D eigenvalue weighted by Crippen LogP contribution is -2.43. The minimum absolute atomic E-state index is 0.0601. The molecule has 1 unspecified atom stereocenters. The Labute approximate surface area is 226 Å². The number of carbonyl (C=O) groups excluding carboxylic acids is 2. The molecule has 1 saturated heterocycles. The molecule has 1 fully saturated rings. The van der Waals surface area contributed by atoms with E-state index in [9.17, 15) is 14.7 Å². The minimum Gasteiger partial charge on any atom is -0.506 e. The maximum atomic E-state index is 13.2. The van der Waals surface area contributed by atoms with Gasteiger partial charge in [0.05, 0.1) is 17.2 Å². The number of benzene rings is 2. The van der Waals surface area contributed by atoms with Gasteiger partial charge in [-0.1, -0.05) is 48.2 Å². The number of esters is 1. The van der Waals surface area contributed by atoms with E-state index in [0.717, 1.165) is 42.3 Å². The molecule has 8 heteroatoms. The van der Waals surface area contributed by atoms with E-state index >= 15 is 0 Å². The van der Waals surface area contributed by atoms with Crippen LogP contribution >= 0.6 is 11.8 Å². The molecule has 2 aliphatic heterocycles. The molecule has 0 aliphatic carbocycles. The van der Waals surface area contributed by atoms with Gasteiger partial charge in [0, 0.05) is 35.2 Å². The van der Waals surface area contributed by atoms with Gasteiger partial charge >= 0.3 is 5.97 Å². The van der Waals surface area contributed by atoms with Crippen LogP contribution in [0.4, 0.5) is 5.69 Å². The van der Waals surface area contributed by atoms with E-state index in [4.69, 9.17) is 4.74 Å². The number of thioether (sulfide) groups is 1. The Hall–Kier alpha value is -3.78. The number of nitrogens with zero attached hydrogens (tertiary/aromatic N) is 3. The predicted molar refractivity (Wildman–Crippen MR) is 152 cm³/mol. The SMILES string of the molecule is CCOC(=O)C1=C(O)C(=Cc2cn(CC(=O)N3CCCCC3C)c3ccccc23)SC1=Nc1ccccc1. The summed E-state index contributed by atoms with van der Waals surface area (Å²) >= 11 is 1.23. The van der Waals surface area contributed by atoms with Crippen molar-refractivity contribution in [2.75, 3.05) is 13.2 Å². The van der Waals surface area contributed by atoms with Crippen molar-refractivity contribution in [3.05, 3.63) is 82.6 Å². The van der Waals surface area contributed by atoms with E-state index in [1.54, 1.807) is 6.92 Å². The second-order valence-electron chi connectivity index (χ2n) is 9.47. The van der Waals surface area contributed by atoms with Gasteiger partial charge in [-0.15, -0.1) is 0 Å². The molecule has 0 saturated carbocycles. The molecule has 2 aromatic carbocycles. The summed E-state index contributed by atoms with van der Waals surface area (Å²) in [5.74, 6) is -0.658. The summed E-state index contributed by atoms with van der Waals surface area (Å²) in [6.45, 7) is 5.07. The summed E-state index contributed by atoms with van der Waals surface area (Å²) in [5, 5.41) is 12.5. The van der Waals surface area contributed by atoms with Crippen LogP contribution in [0.5, 0.6) is 0 Å². The molecule has 0 spiro atoms. The number of ether oxygens (including phenoxy) is 1. The fourth-order valence-electron chi connectivity index (χ4n) is 4.98. The lowest BCUT2D eigenvalue weighted by Gasteiger charge is -2.33. The number of aliphatic hydroxyl groups is 1. The van der Waals surface area contributed by atoms with E-state index in [1.165, 1.54) is 11.8 Å². The number of rotatable bonds is 6. The van der Waals surface area contributed by atoms with Gasteiger partial charge in [-0.2, -0.15) is 0 Å². The van der Waals surface area contributed by atoms with Gasteiger partial charge in [0.25, 0.3) is 0 Å². The number of aliphatic imine (C=N–C) groups is 1. The third-order valence-electron chi connectivity index (χ3n) is 6.89. The second-order valence-corrected chi connectivity index (χ2v) is 10.5. The molecule has 5 rings (SSSR count). The van der Waals surface area contributed by atoms with Gasteiger partial charge in [0.2, 0.25) is 5.91 Å². The van der Waals surface area contributed by atoms with Crippen molar-refractivity contribution in [2.45, 2.75) is 45.7 Å². The smallest absolute Gasteiger partial charge is 0.344 e. The fraction of sp³-hybridized carbons (Fsp3) is 0.300. The highest BCUT2D eigenvalue weighted by atomic mass is 32.2. The Morgan fingerprint density at radius 2 is 1.89 bits per heavy atom. The van der Waals surface area contributed by atoms with E-state index in [1.807, 2.05) is 76.3 Å². The first kappa shape index (κ1) is 25.9. The maximum Gasteiger partial charge on any atom is 0.344 e. The largest absolute Gasteiger partial charge is 0.506 e. The number of fused-ring (bicyclic) bond motifs is 1. The Balaban J connectivity index is 1.51. The van der Waals surface area contributed by atoms with Gasteiger partial charge in [-0.25, -0.2) is 9.79 Å². The van der Waals surface area contributed by atoms with Gasteiger partial charge in [0.15, 0.2) is 0 Å². The van der Waals surface area contributed by atoms with Crippen LogP contribution in [0.25, 0.3) is 17.0 Å². The number of piperidine rings is 1. The molecule has 3 heterocycles. The summed E-state index contributed by atoms with van der Waals surface area (Å²) in [6.07, 6.45) is 7.02. The van der Waals surface area contributed by atoms with Crippen LogP contribution in [0.1, 0.15) is 38.7 Å². The van der Waals surface area contributed by atoms with Gasteiger partial charge in [0.1, 0.15) is 22.9 Å². The van der Waals surface area contributed by atoms with Crippen LogP contribution < -0.4 is 0 Å². The Morgan fingerprint density at radius 1 is 1.13 bits per heavy atom. The minimum atomic E-state index is -0.612. The predicted octanol–water partition coefficient (Wildman–Crippen LogP) is 6.24. The molecule has 2 aliphatic rings. The van der Waals surface area contributed by atoms with Crippen LogP contribution in [0.2, 0.25) is 0 Å². The van der Waals surface area contributed by atoms with E-state index in [-0.39, 0.29) is 36.4 Å². The highest BCUT2D eigenvalue weighted by Crippen LogP contribution is 2.41. The van der Waals surface area contributed by atoms with Crippen LogP contribution in [0.15, 0.2) is 82.0 Å². The second kappa shape index (κ2) is 11.3. The number of hydrogen-bond acceptors (Lipinski definition) is 6. The van der Waals surface area contributed by atoms with Crippen molar-refractivity contribution in [1.82, 2.24) is 9.47 Å². The van der Waals surface area contributed by atoms with Crippen molar-refractivity contribution in [1.29, 1.82) is 0 Å². The van der Waals surface area contributed by atoms with Crippen molar-refractivity contribution in [3.63, 3.8) is 0 Å². The summed E-state index contributed by atoms with van der Waals surface area (Å²) in [6, 6.07) is 17.4. The summed E-state index contributed by atoms with van der Waals surface area (Å²) in [4.78, 5) is 33.1. The van der Waals surface area contributed by atoms with E-state index in [2.05, 4.69) is 11.9 Å². The third kappa shape index (κ3) is 5.27. The normalized spacial score (nSPS) is 20.1. The first-order valence-corrected chi connectivity index (χ1v) is 13.8. The number of aliphatic hydroxyl groups excluding tert-OH is 1. The van der Waals surface area contributed by atoms with Gasteiger partial charge < -0.3 is 19.3 Å². The summed E-state index contributed by atoms with van der Waals surface area (Å²) in [5.41, 5.74) is 2.52. The zero-order valence-electron chi connectivity index (χ0n) is 21.6. The summed E-state index contributed by atoms with van der Waals surface area (Å²) < 4.78 is 7.19. The van der Waals surface area contributed by atoms with Crippen LogP contribution in [-0.2, 0) is 20.9 Å². The number of likely N-dealkylation sites (tertiary alicyclic amines) is 1. The highest BCUT2D eigenvalue weighted by Gasteiger charge is 2.33. The highest BCUT2D eigenvalue weighted by molar-refractivity contribution is 8.18. The van der Waals surface area contributed by atoms with Crippen LogP contribution in [0, 0.1) is 0 Å². The van der Waals surface area contributed by atoms with Crippen molar-refractivity contribution in [3.8, 4) is 0 Å². The Morgan fingerprint density at radius 3 is 2.66 bits per heavy atom. The Kier molecular flexibility index (Phi) is 7.69. The average Bonchev–Trinajstić information content (AvgIpc) is 3.41. The monoisotopic (exact) mass is 529 g/mol. The number of hydrogen-bond donors (Lipinski definition) is 1. The molecular weight excluding hydrogens is 498 g/mol. The fourth-order valence-corrected chi connectivity index (χ4v) is 6.01. The van der Waals surface area contributed by atoms with Gasteiger partial charge in [-0.05, 0) is 57.4 Å². The number of aromatic nitrogens is 1. The zero-order valence-corrected chi connectivity index (χ0v) is 22.4. The molecule has 3 aromatic rings. The molecule has 1 aromatic heterocycles. The molecule has 0 bridgehead atoms. The number of amides is 1. The number of para-hydroxylation sites is 2. The average molecular weight is 530 g/mol. The molecule has 0 radical (unpaired) electrons. The molecular formula is C30H31N3O4S. The molecule has 1 N–H and O–H groups in total. The lowest BCUT2D eigenvalue weighted by atomic mass is 10.0. The molecule has 38 heavy (non-hydrogen) atoms. The van der Waals surface area contributed by atoms with Crippen molar-refractivity contribution < 1.29 is 19.4 Å². The zero-order chi connectivity index (χ0) is 26.6. The molecule has 7 nitrogen and oxygen atoms in total. The quantitative estimate of drug-likeness (QED) is 0.383. The lowest BCUT2D eigenvalue weighted by molar-refractivity contribution is -0.138. The standard InChI is InChI=1S/C30H31N3O4S/c1-3-37-30(36)27-28(35)25(38-29(27)31-22-12-5-4-6-13-22)17-21-18-32(24-15-8-7-14-23(21)24)19-26(34)33-16-10-9-11-20(33)2/h4-8,12-15,17-18,20,35H,3,9-11,16,19H2,1-2H3. The van der Waals surface area contributed by atoms with E-state index in [0.29, 0.717) is 15.6 Å². The van der Waals surface area contributed by atoms with Crippen molar-refractivity contribution >= 4 is 51.3 Å². The maximum absolute atomic E-state index is 13.2. The van der Waals surface area contributed by atoms with E-state index < -0.39 is 5.97 Å². The summed E-state index contributed by atoms with van der Waals surface area (Å²) in [7, 11) is 0. The first-order valence-electron chi connectivity index (χ1n) is 13.0. The van der Waals surface area contributed by atoms with Crippen LogP contribution in [-0.4, -0.2) is 50.7 Å². The van der Waals surface area contributed by atoms with Crippen molar-refractivity contribution in [2.24, 2.45) is 4.99 Å².